The molecule has 1 aromatic heterocycles. The average molecular weight is 282 g/mol. The molecule has 10 heteroatoms. The molecule has 1 atom stereocenters. The number of nitrogens with two attached hydrogens (primary N) is 2. The lowest BCUT2D eigenvalue weighted by molar-refractivity contribution is -0.140. The molecule has 0 aromatic carbocycles. The summed E-state index contributed by atoms with van der Waals surface area (Å²) in [5.41, 5.74) is 10.4. The van der Waals surface area contributed by atoms with E-state index >= 15 is 0 Å². The van der Waals surface area contributed by atoms with Crippen molar-refractivity contribution in [2.24, 2.45) is 11.5 Å². The highest BCUT2D eigenvalue weighted by molar-refractivity contribution is 5.88. The normalized spacial score (nSPS) is 16.6. The number of carbonyl (C=O) groups is 3. The summed E-state index contributed by atoms with van der Waals surface area (Å²) in [6, 6.07) is -1.08. The van der Waals surface area contributed by atoms with Crippen LogP contribution in [0.5, 0.6) is 0 Å². The van der Waals surface area contributed by atoms with Gasteiger partial charge in [-0.1, -0.05) is 5.21 Å². The van der Waals surface area contributed by atoms with Crippen molar-refractivity contribution in [1.29, 1.82) is 0 Å². The fourth-order valence-electron chi connectivity index (χ4n) is 1.89. The van der Waals surface area contributed by atoms with E-state index in [1.165, 1.54) is 15.8 Å². The number of amides is 2. The minimum atomic E-state index is -1.16. The van der Waals surface area contributed by atoms with Crippen molar-refractivity contribution in [3.63, 3.8) is 0 Å². The molecule has 0 bridgehead atoms. The lowest BCUT2D eigenvalue weighted by Crippen LogP contribution is -2.56. The number of carbonyl (C=O) groups excluding carboxylic acids is 2. The average Bonchev–Trinajstić information content (AvgIpc) is 2.75. The zero-order chi connectivity index (χ0) is 14.9. The number of aromatic nitrogens is 3. The molecule has 108 valence electrons. The molecular formula is C10H14N6O4. The molecule has 1 aliphatic rings. The molecule has 2 amide bonds. The molecule has 1 saturated heterocycles. The maximum Gasteiger partial charge on any atom is 0.358 e. The summed E-state index contributed by atoms with van der Waals surface area (Å²) in [6.45, 7) is 0.682. The molecule has 0 spiro atoms. The third-order valence-corrected chi connectivity index (χ3v) is 3.02. The molecule has 0 saturated carbocycles. The third kappa shape index (κ3) is 2.74. The molecule has 1 fully saturated rings. The van der Waals surface area contributed by atoms with Crippen LogP contribution < -0.4 is 11.5 Å². The molecular weight excluding hydrogens is 268 g/mol. The molecule has 1 aromatic rings. The van der Waals surface area contributed by atoms with Crippen molar-refractivity contribution in [1.82, 2.24) is 19.9 Å². The Balaban J connectivity index is 1.88. The standard InChI is InChI=1S/C10H14N6O4/c11-6(1-8(12)17)9(18)15-2-5(3-15)16-4-7(10(19)20)13-14-16/h4-6H,1-3,11H2,(H2,12,17)(H,19,20). The van der Waals surface area contributed by atoms with Crippen molar-refractivity contribution in [2.45, 2.75) is 18.5 Å². The number of primary amides is 1. The molecule has 5 N–H and O–H groups in total. The van der Waals surface area contributed by atoms with E-state index in [2.05, 4.69) is 10.3 Å². The number of hydrogen-bond donors (Lipinski definition) is 3. The molecule has 0 radical (unpaired) electrons. The van der Waals surface area contributed by atoms with E-state index in [0.717, 1.165) is 0 Å². The quantitative estimate of drug-likeness (QED) is 0.541. The van der Waals surface area contributed by atoms with Crippen LogP contribution in [0.1, 0.15) is 23.0 Å². The van der Waals surface area contributed by atoms with Crippen molar-refractivity contribution in [3.05, 3.63) is 11.9 Å². The summed E-state index contributed by atoms with van der Waals surface area (Å²) in [6.07, 6.45) is 1.10. The van der Waals surface area contributed by atoms with Crippen LogP contribution in [0.4, 0.5) is 0 Å². The van der Waals surface area contributed by atoms with Gasteiger partial charge in [0.2, 0.25) is 11.8 Å². The van der Waals surface area contributed by atoms with Gasteiger partial charge in [-0.25, -0.2) is 9.48 Å². The monoisotopic (exact) mass is 282 g/mol. The zero-order valence-corrected chi connectivity index (χ0v) is 10.5. The van der Waals surface area contributed by atoms with E-state index in [-0.39, 0.29) is 24.1 Å². The SMILES string of the molecule is NC(=O)CC(N)C(=O)N1CC(n2cc(C(=O)O)nn2)C1. The summed E-state index contributed by atoms with van der Waals surface area (Å²) in [5.74, 6) is -2.16. The summed E-state index contributed by atoms with van der Waals surface area (Å²) >= 11 is 0. The van der Waals surface area contributed by atoms with Crippen LogP contribution in [0.15, 0.2) is 6.20 Å². The van der Waals surface area contributed by atoms with E-state index in [4.69, 9.17) is 16.6 Å². The minimum Gasteiger partial charge on any atom is -0.476 e. The van der Waals surface area contributed by atoms with Gasteiger partial charge in [0.1, 0.15) is 0 Å². The highest BCUT2D eigenvalue weighted by Gasteiger charge is 2.35. The first-order chi connectivity index (χ1) is 9.38. The first kappa shape index (κ1) is 13.9. The van der Waals surface area contributed by atoms with Gasteiger partial charge in [0.25, 0.3) is 0 Å². The second-order valence-electron chi connectivity index (χ2n) is 4.56. The number of carboxylic acids is 1. The predicted octanol–water partition coefficient (Wildman–Crippen LogP) is -2.44. The zero-order valence-electron chi connectivity index (χ0n) is 10.5. The van der Waals surface area contributed by atoms with Crippen LogP contribution in [0.3, 0.4) is 0 Å². The van der Waals surface area contributed by atoms with Gasteiger partial charge in [0, 0.05) is 13.1 Å². The first-order valence-electron chi connectivity index (χ1n) is 5.86. The first-order valence-corrected chi connectivity index (χ1v) is 5.86. The van der Waals surface area contributed by atoms with E-state index in [1.54, 1.807) is 0 Å². The van der Waals surface area contributed by atoms with Gasteiger partial charge in [0.05, 0.1) is 24.7 Å². The molecule has 2 heterocycles. The predicted molar refractivity (Wildman–Crippen MR) is 64.4 cm³/mol. The molecule has 2 rings (SSSR count). The Labute approximate surface area is 113 Å². The van der Waals surface area contributed by atoms with Crippen molar-refractivity contribution < 1.29 is 19.5 Å². The molecule has 1 unspecified atom stereocenters. The van der Waals surface area contributed by atoms with Gasteiger partial charge >= 0.3 is 5.97 Å². The van der Waals surface area contributed by atoms with Gasteiger partial charge in [-0.05, 0) is 0 Å². The Morgan fingerprint density at radius 2 is 2.10 bits per heavy atom. The number of rotatable bonds is 5. The lowest BCUT2D eigenvalue weighted by atomic mass is 10.1. The highest BCUT2D eigenvalue weighted by atomic mass is 16.4. The number of nitrogens with zero attached hydrogens (tertiary/aromatic N) is 4. The van der Waals surface area contributed by atoms with Crippen molar-refractivity contribution >= 4 is 17.8 Å². The minimum absolute atomic E-state index is 0.139. The molecule has 1 aliphatic heterocycles. The van der Waals surface area contributed by atoms with Gasteiger partial charge < -0.3 is 21.5 Å². The Kier molecular flexibility index (Phi) is 3.66. The Morgan fingerprint density at radius 3 is 2.60 bits per heavy atom. The Morgan fingerprint density at radius 1 is 1.45 bits per heavy atom. The smallest absolute Gasteiger partial charge is 0.358 e. The topological polar surface area (TPSA) is 157 Å². The summed E-state index contributed by atoms with van der Waals surface area (Å²) < 4.78 is 1.40. The number of carboxylic acid groups (broad SMARTS) is 1. The van der Waals surface area contributed by atoms with E-state index in [1.807, 2.05) is 0 Å². The van der Waals surface area contributed by atoms with Crippen LogP contribution in [0.2, 0.25) is 0 Å². The Bertz CT molecular complexity index is 550. The molecule has 10 nitrogen and oxygen atoms in total. The number of hydrogen-bond acceptors (Lipinski definition) is 6. The largest absolute Gasteiger partial charge is 0.476 e. The second-order valence-corrected chi connectivity index (χ2v) is 4.56. The maximum absolute atomic E-state index is 11.8. The molecule has 0 aliphatic carbocycles. The summed E-state index contributed by atoms with van der Waals surface area (Å²) in [7, 11) is 0. The second kappa shape index (κ2) is 5.25. The maximum atomic E-state index is 11.8. The van der Waals surface area contributed by atoms with Crippen LogP contribution in [0.25, 0.3) is 0 Å². The highest BCUT2D eigenvalue weighted by Crippen LogP contribution is 2.21. The van der Waals surface area contributed by atoms with E-state index < -0.39 is 17.9 Å². The van der Waals surface area contributed by atoms with Crippen molar-refractivity contribution in [3.8, 4) is 0 Å². The van der Waals surface area contributed by atoms with Crippen molar-refractivity contribution in [2.75, 3.05) is 13.1 Å². The third-order valence-electron chi connectivity index (χ3n) is 3.02. The van der Waals surface area contributed by atoms with Crippen LogP contribution in [-0.2, 0) is 9.59 Å². The number of aromatic carboxylic acids is 1. The van der Waals surface area contributed by atoms with Gasteiger partial charge in [0.15, 0.2) is 5.69 Å². The van der Waals surface area contributed by atoms with Crippen LogP contribution in [0, 0.1) is 0 Å². The lowest BCUT2D eigenvalue weighted by Gasteiger charge is -2.39. The Hall–Kier alpha value is -2.49. The summed E-state index contributed by atoms with van der Waals surface area (Å²) in [4.78, 5) is 34.6. The fourth-order valence-corrected chi connectivity index (χ4v) is 1.89. The summed E-state index contributed by atoms with van der Waals surface area (Å²) in [5, 5.41) is 15.9. The van der Waals surface area contributed by atoms with Crippen LogP contribution in [-0.4, -0.2) is 61.9 Å². The van der Waals surface area contributed by atoms with Crippen LogP contribution >= 0.6 is 0 Å². The van der Waals surface area contributed by atoms with E-state index in [0.29, 0.717) is 13.1 Å². The van der Waals surface area contributed by atoms with E-state index in [9.17, 15) is 14.4 Å². The molecule has 20 heavy (non-hydrogen) atoms. The van der Waals surface area contributed by atoms with Gasteiger partial charge in [-0.2, -0.15) is 0 Å². The fraction of sp³-hybridized carbons (Fsp3) is 0.500. The number of likely N-dealkylation sites (tertiary alicyclic amines) is 1. The van der Waals surface area contributed by atoms with Gasteiger partial charge in [-0.15, -0.1) is 5.10 Å². The van der Waals surface area contributed by atoms with Gasteiger partial charge in [-0.3, -0.25) is 9.59 Å².